The van der Waals surface area contributed by atoms with Crippen molar-refractivity contribution in [1.82, 2.24) is 4.90 Å². The predicted octanol–water partition coefficient (Wildman–Crippen LogP) is 5.51. The van der Waals surface area contributed by atoms with Gasteiger partial charge in [-0.2, -0.15) is 0 Å². The van der Waals surface area contributed by atoms with E-state index >= 15 is 0 Å². The van der Waals surface area contributed by atoms with Crippen LogP contribution in [-0.4, -0.2) is 49.6 Å². The fourth-order valence-electron chi connectivity index (χ4n) is 4.65. The van der Waals surface area contributed by atoms with E-state index in [-0.39, 0.29) is 17.9 Å². The number of methoxy groups -OCH3 is 3. The number of ketones is 1. The van der Waals surface area contributed by atoms with Gasteiger partial charge >= 0.3 is 0 Å². The topological polar surface area (TPSA) is 94.5 Å². The monoisotopic (exact) mass is 531 g/mol. The summed E-state index contributed by atoms with van der Waals surface area (Å²) in [6.45, 7) is 2.76. The van der Waals surface area contributed by atoms with Crippen molar-refractivity contribution in [3.63, 3.8) is 0 Å². The molecule has 1 saturated heterocycles. The first kappa shape index (κ1) is 27.6. The zero-order chi connectivity index (χ0) is 27.9. The first-order valence-electron chi connectivity index (χ1n) is 12.8. The molecule has 0 saturated carbocycles. The quantitative estimate of drug-likeness (QED) is 0.151. The Bertz CT molecular complexity index is 1340. The lowest BCUT2D eigenvalue weighted by atomic mass is 9.94. The average Bonchev–Trinajstić information content (AvgIpc) is 3.21. The Labute approximate surface area is 228 Å². The molecule has 1 aliphatic heterocycles. The lowest BCUT2D eigenvalue weighted by Crippen LogP contribution is -2.29. The molecule has 1 fully saturated rings. The fourth-order valence-corrected chi connectivity index (χ4v) is 4.65. The number of carbonyl (C=O) groups is 2. The summed E-state index contributed by atoms with van der Waals surface area (Å²) in [7, 11) is 4.48. The first-order valence-corrected chi connectivity index (χ1v) is 12.8. The molecule has 1 N–H and O–H groups in total. The number of rotatable bonds is 11. The highest BCUT2D eigenvalue weighted by Gasteiger charge is 2.46. The number of likely N-dealkylation sites (tertiary alicyclic amines) is 1. The summed E-state index contributed by atoms with van der Waals surface area (Å²) in [6, 6.07) is 18.7. The smallest absolute Gasteiger partial charge is 0.295 e. The third-order valence-corrected chi connectivity index (χ3v) is 6.61. The lowest BCUT2D eigenvalue weighted by Gasteiger charge is -2.26. The van der Waals surface area contributed by atoms with Crippen molar-refractivity contribution in [2.45, 2.75) is 32.4 Å². The van der Waals surface area contributed by atoms with Gasteiger partial charge in [-0.1, -0.05) is 55.8 Å². The van der Waals surface area contributed by atoms with Crippen LogP contribution in [0.3, 0.4) is 0 Å². The summed E-state index contributed by atoms with van der Waals surface area (Å²) in [5.41, 5.74) is 1.70. The van der Waals surface area contributed by atoms with Crippen molar-refractivity contribution >= 4 is 17.4 Å². The van der Waals surface area contributed by atoms with Crippen molar-refractivity contribution in [2.75, 3.05) is 27.9 Å². The zero-order valence-electron chi connectivity index (χ0n) is 22.6. The van der Waals surface area contributed by atoms with Crippen LogP contribution < -0.4 is 18.9 Å². The Kier molecular flexibility index (Phi) is 8.76. The summed E-state index contributed by atoms with van der Waals surface area (Å²) in [4.78, 5) is 28.4. The molecule has 39 heavy (non-hydrogen) atoms. The molecule has 3 aromatic rings. The van der Waals surface area contributed by atoms with Gasteiger partial charge in [0.25, 0.3) is 11.7 Å². The number of carbonyl (C=O) groups excluding carboxylic acids is 2. The molecule has 8 heteroatoms. The van der Waals surface area contributed by atoms with Gasteiger partial charge < -0.3 is 29.0 Å². The minimum Gasteiger partial charge on any atom is -0.507 e. The van der Waals surface area contributed by atoms with Gasteiger partial charge in [-0.3, -0.25) is 9.59 Å². The van der Waals surface area contributed by atoms with Gasteiger partial charge in [-0.05, 0) is 41.8 Å². The van der Waals surface area contributed by atoms with Crippen LogP contribution in [0, 0.1) is 0 Å². The van der Waals surface area contributed by atoms with E-state index in [0.717, 1.165) is 18.4 Å². The summed E-state index contributed by atoms with van der Waals surface area (Å²) in [5.74, 6) is -0.111. The molecule has 204 valence electrons. The Morgan fingerprint density at radius 3 is 2.21 bits per heavy atom. The van der Waals surface area contributed by atoms with Gasteiger partial charge in [-0.15, -0.1) is 0 Å². The second-order valence-electron chi connectivity index (χ2n) is 9.10. The summed E-state index contributed by atoms with van der Waals surface area (Å²) in [5, 5.41) is 11.5. The summed E-state index contributed by atoms with van der Waals surface area (Å²) >= 11 is 0. The maximum atomic E-state index is 13.5. The third kappa shape index (κ3) is 5.70. The average molecular weight is 532 g/mol. The molecule has 1 unspecified atom stereocenters. The number of benzene rings is 3. The molecule has 0 aromatic heterocycles. The molecule has 1 atom stereocenters. The second-order valence-corrected chi connectivity index (χ2v) is 9.10. The van der Waals surface area contributed by atoms with E-state index in [4.69, 9.17) is 18.9 Å². The van der Waals surface area contributed by atoms with Crippen LogP contribution in [0.4, 0.5) is 0 Å². The highest BCUT2D eigenvalue weighted by molar-refractivity contribution is 6.46. The molecular formula is C31H33NO7. The van der Waals surface area contributed by atoms with E-state index < -0.39 is 17.7 Å². The maximum Gasteiger partial charge on any atom is 0.295 e. The van der Waals surface area contributed by atoms with Crippen molar-refractivity contribution < 1.29 is 33.6 Å². The molecule has 0 aliphatic carbocycles. The largest absolute Gasteiger partial charge is 0.507 e. The number of aliphatic hydroxyl groups is 1. The Morgan fingerprint density at radius 1 is 0.897 bits per heavy atom. The Hall–Kier alpha value is -4.46. The number of hydrogen-bond acceptors (Lipinski definition) is 7. The van der Waals surface area contributed by atoms with Gasteiger partial charge in [0, 0.05) is 12.1 Å². The Morgan fingerprint density at radius 2 is 1.59 bits per heavy atom. The van der Waals surface area contributed by atoms with E-state index in [1.807, 2.05) is 30.3 Å². The lowest BCUT2D eigenvalue weighted by molar-refractivity contribution is -0.140. The van der Waals surface area contributed by atoms with Gasteiger partial charge in [0.1, 0.15) is 11.5 Å². The minimum absolute atomic E-state index is 0.0316. The predicted molar refractivity (Wildman–Crippen MR) is 147 cm³/mol. The number of ether oxygens (including phenoxy) is 4. The number of amides is 1. The van der Waals surface area contributed by atoms with Crippen molar-refractivity contribution in [3.05, 3.63) is 89.0 Å². The van der Waals surface area contributed by atoms with Crippen LogP contribution >= 0.6 is 0 Å². The third-order valence-electron chi connectivity index (χ3n) is 6.61. The number of aliphatic hydroxyl groups excluding tert-OH is 1. The molecule has 1 heterocycles. The minimum atomic E-state index is -0.913. The molecule has 0 radical (unpaired) electrons. The molecule has 1 amide bonds. The van der Waals surface area contributed by atoms with Crippen LogP contribution in [0.1, 0.15) is 42.5 Å². The van der Waals surface area contributed by atoms with Crippen LogP contribution in [0.2, 0.25) is 0 Å². The molecule has 3 aromatic carbocycles. The highest BCUT2D eigenvalue weighted by atomic mass is 16.5. The highest BCUT2D eigenvalue weighted by Crippen LogP contribution is 2.46. The number of Topliss-reactive ketones (excluding diaryl/α,β-unsaturated/α-hetero) is 1. The molecule has 0 spiro atoms. The fraction of sp³-hybridized carbons (Fsp3) is 0.290. The van der Waals surface area contributed by atoms with Gasteiger partial charge in [0.2, 0.25) is 5.75 Å². The SMILES string of the molecule is CCCCOc1cccc(/C(O)=C2\C(=O)C(=O)N(Cc3ccccc3)C2c2cc(OC)c(OC)c(OC)c2)c1. The molecule has 1 aliphatic rings. The van der Waals surface area contributed by atoms with E-state index in [9.17, 15) is 14.7 Å². The summed E-state index contributed by atoms with van der Waals surface area (Å²) < 4.78 is 22.3. The Balaban J connectivity index is 1.88. The molecule has 0 bridgehead atoms. The van der Waals surface area contributed by atoms with E-state index in [0.29, 0.717) is 40.7 Å². The van der Waals surface area contributed by atoms with Crippen LogP contribution in [0.5, 0.6) is 23.0 Å². The van der Waals surface area contributed by atoms with Crippen molar-refractivity contribution in [2.24, 2.45) is 0 Å². The van der Waals surface area contributed by atoms with Crippen molar-refractivity contribution in [1.29, 1.82) is 0 Å². The van der Waals surface area contributed by atoms with E-state index in [1.165, 1.54) is 26.2 Å². The van der Waals surface area contributed by atoms with Gasteiger partial charge in [0.15, 0.2) is 11.5 Å². The molecule has 8 nitrogen and oxygen atoms in total. The van der Waals surface area contributed by atoms with Crippen molar-refractivity contribution in [3.8, 4) is 23.0 Å². The van der Waals surface area contributed by atoms with Crippen LogP contribution in [0.15, 0.2) is 72.3 Å². The molecular weight excluding hydrogens is 498 g/mol. The van der Waals surface area contributed by atoms with Crippen LogP contribution in [-0.2, 0) is 16.1 Å². The standard InChI is InChI=1S/C31H33NO7/c1-5-6-15-39-23-14-10-13-21(16-23)28(33)26-27(22-17-24(36-2)30(38-4)25(18-22)37-3)32(31(35)29(26)34)19-20-11-8-7-9-12-20/h7-14,16-18,27,33H,5-6,15,19H2,1-4H3/b28-26+. The maximum absolute atomic E-state index is 13.5. The number of nitrogens with zero attached hydrogens (tertiary/aromatic N) is 1. The van der Waals surface area contributed by atoms with Gasteiger partial charge in [0.05, 0.1) is 39.6 Å². The zero-order valence-corrected chi connectivity index (χ0v) is 22.6. The first-order chi connectivity index (χ1) is 18.9. The number of unbranched alkanes of at least 4 members (excludes halogenated alkanes) is 1. The van der Waals surface area contributed by atoms with Gasteiger partial charge in [-0.25, -0.2) is 0 Å². The van der Waals surface area contributed by atoms with E-state index in [1.54, 1.807) is 36.4 Å². The van der Waals surface area contributed by atoms with E-state index in [2.05, 4.69) is 6.92 Å². The number of hydrogen-bond donors (Lipinski definition) is 1. The normalized spacial score (nSPS) is 16.3. The van der Waals surface area contributed by atoms with Crippen LogP contribution in [0.25, 0.3) is 5.76 Å². The molecule has 4 rings (SSSR count). The summed E-state index contributed by atoms with van der Waals surface area (Å²) in [6.07, 6.45) is 1.88. The second kappa shape index (κ2) is 12.4.